The van der Waals surface area contributed by atoms with Crippen LogP contribution in [0.2, 0.25) is 0 Å². The highest BCUT2D eigenvalue weighted by Gasteiger charge is 2.34. The number of carbonyl (C=O) groups excluding carboxylic acids is 2. The first-order valence-electron chi connectivity index (χ1n) is 8.27. The van der Waals surface area contributed by atoms with Crippen LogP contribution >= 0.6 is 0 Å². The summed E-state index contributed by atoms with van der Waals surface area (Å²) in [6, 6.07) is -0.371. The second kappa shape index (κ2) is 7.42. The Bertz CT molecular complexity index is 405. The van der Waals surface area contributed by atoms with Crippen molar-refractivity contribution >= 4 is 11.8 Å². The fourth-order valence-corrected chi connectivity index (χ4v) is 3.10. The van der Waals surface area contributed by atoms with E-state index in [1.165, 1.54) is 0 Å². The molecule has 2 fully saturated rings. The second-order valence-corrected chi connectivity index (χ2v) is 6.96. The number of carbonyl (C=O) groups is 2. The van der Waals surface area contributed by atoms with Crippen molar-refractivity contribution in [1.82, 2.24) is 15.1 Å². The van der Waals surface area contributed by atoms with Crippen molar-refractivity contribution in [3.05, 3.63) is 0 Å². The van der Waals surface area contributed by atoms with Crippen molar-refractivity contribution in [1.29, 1.82) is 0 Å². The molecule has 0 spiro atoms. The van der Waals surface area contributed by atoms with Crippen molar-refractivity contribution in [2.75, 3.05) is 39.9 Å². The van der Waals surface area contributed by atoms with Crippen LogP contribution in [0.4, 0.5) is 0 Å². The Kier molecular flexibility index (Phi) is 5.81. The van der Waals surface area contributed by atoms with E-state index in [0.717, 1.165) is 52.1 Å². The first kappa shape index (κ1) is 17.2. The number of amides is 2. The Hall–Kier alpha value is -1.14. The fourth-order valence-electron chi connectivity index (χ4n) is 3.10. The molecule has 0 radical (unpaired) electrons. The number of morpholine rings is 1. The first-order valence-corrected chi connectivity index (χ1v) is 8.27. The summed E-state index contributed by atoms with van der Waals surface area (Å²) in [6.07, 6.45) is 3.07. The predicted octanol–water partition coefficient (Wildman–Crippen LogP) is 0.614. The summed E-state index contributed by atoms with van der Waals surface area (Å²) in [6.45, 7) is 8.31. The van der Waals surface area contributed by atoms with Crippen molar-refractivity contribution in [3.8, 4) is 0 Å². The molecular weight excluding hydrogens is 282 g/mol. The van der Waals surface area contributed by atoms with E-state index in [1.807, 2.05) is 7.05 Å². The van der Waals surface area contributed by atoms with Crippen LogP contribution in [0.1, 0.15) is 39.5 Å². The molecule has 6 heteroatoms. The van der Waals surface area contributed by atoms with Gasteiger partial charge in [0.25, 0.3) is 0 Å². The third-order valence-corrected chi connectivity index (χ3v) is 4.73. The number of nitrogens with one attached hydrogen (secondary N) is 1. The Labute approximate surface area is 133 Å². The molecule has 126 valence electrons. The third kappa shape index (κ3) is 4.43. The van der Waals surface area contributed by atoms with Gasteiger partial charge in [-0.2, -0.15) is 0 Å². The van der Waals surface area contributed by atoms with Gasteiger partial charge in [0.15, 0.2) is 0 Å². The average Bonchev–Trinajstić information content (AvgIpc) is 2.71. The highest BCUT2D eigenvalue weighted by molar-refractivity contribution is 5.88. The number of likely N-dealkylation sites (N-methyl/N-ethyl adjacent to an activating group) is 1. The molecule has 2 aliphatic rings. The van der Waals surface area contributed by atoms with E-state index >= 15 is 0 Å². The van der Waals surface area contributed by atoms with Crippen LogP contribution in [0.3, 0.4) is 0 Å². The van der Waals surface area contributed by atoms with Crippen molar-refractivity contribution < 1.29 is 14.3 Å². The molecule has 6 nitrogen and oxygen atoms in total. The summed E-state index contributed by atoms with van der Waals surface area (Å²) in [7, 11) is 1.85. The molecule has 0 saturated carbocycles. The van der Waals surface area contributed by atoms with Crippen LogP contribution in [0.5, 0.6) is 0 Å². The van der Waals surface area contributed by atoms with Gasteiger partial charge in [-0.3, -0.25) is 14.5 Å². The summed E-state index contributed by atoms with van der Waals surface area (Å²) in [5, 5.41) is 2.87. The van der Waals surface area contributed by atoms with Crippen LogP contribution in [0.15, 0.2) is 0 Å². The summed E-state index contributed by atoms with van der Waals surface area (Å²) in [4.78, 5) is 28.6. The van der Waals surface area contributed by atoms with Gasteiger partial charge in [-0.1, -0.05) is 6.42 Å². The zero-order chi connectivity index (χ0) is 16.2. The Morgan fingerprint density at radius 1 is 1.36 bits per heavy atom. The first-order chi connectivity index (χ1) is 10.4. The molecule has 1 atom stereocenters. The number of ether oxygens (including phenoxy) is 1. The average molecular weight is 311 g/mol. The minimum Gasteiger partial charge on any atom is -0.379 e. The molecule has 2 saturated heterocycles. The normalized spacial score (nSPS) is 24.5. The molecule has 0 unspecified atom stereocenters. The zero-order valence-electron chi connectivity index (χ0n) is 14.1. The van der Waals surface area contributed by atoms with Gasteiger partial charge in [-0.15, -0.1) is 0 Å². The smallest absolute Gasteiger partial charge is 0.245 e. The molecule has 2 rings (SSSR count). The molecule has 1 N–H and O–H groups in total. The Morgan fingerprint density at radius 2 is 2.05 bits per heavy atom. The van der Waals surface area contributed by atoms with E-state index in [0.29, 0.717) is 6.42 Å². The summed E-state index contributed by atoms with van der Waals surface area (Å²) in [5.74, 6) is 0.0174. The third-order valence-electron chi connectivity index (χ3n) is 4.73. The van der Waals surface area contributed by atoms with Crippen molar-refractivity contribution in [2.45, 2.75) is 51.1 Å². The lowest BCUT2D eigenvalue weighted by molar-refractivity contribution is -0.140. The van der Waals surface area contributed by atoms with Crippen LogP contribution in [-0.2, 0) is 14.3 Å². The SMILES string of the molecule is CN(C(=O)[C@H]1CCCCC(=O)N1)C(C)(C)CN1CCOCC1. The molecule has 22 heavy (non-hydrogen) atoms. The van der Waals surface area contributed by atoms with Crippen LogP contribution < -0.4 is 5.32 Å². The molecular formula is C16H29N3O3. The zero-order valence-corrected chi connectivity index (χ0v) is 14.1. The van der Waals surface area contributed by atoms with E-state index in [2.05, 4.69) is 24.1 Å². The van der Waals surface area contributed by atoms with Crippen LogP contribution in [0, 0.1) is 0 Å². The predicted molar refractivity (Wildman–Crippen MR) is 84.5 cm³/mol. The quantitative estimate of drug-likeness (QED) is 0.826. The van der Waals surface area contributed by atoms with Crippen molar-refractivity contribution in [2.24, 2.45) is 0 Å². The van der Waals surface area contributed by atoms with Gasteiger partial charge in [-0.25, -0.2) is 0 Å². The van der Waals surface area contributed by atoms with Gasteiger partial charge in [0.1, 0.15) is 6.04 Å². The summed E-state index contributed by atoms with van der Waals surface area (Å²) >= 11 is 0. The minimum absolute atomic E-state index is 0.00441. The van der Waals surface area contributed by atoms with E-state index in [-0.39, 0.29) is 23.4 Å². The van der Waals surface area contributed by atoms with Crippen LogP contribution in [-0.4, -0.2) is 73.1 Å². The molecule has 2 aliphatic heterocycles. The maximum atomic E-state index is 12.8. The maximum Gasteiger partial charge on any atom is 0.245 e. The molecule has 0 bridgehead atoms. The molecule has 0 aromatic heterocycles. The van der Waals surface area contributed by atoms with Gasteiger partial charge in [0, 0.05) is 38.6 Å². The van der Waals surface area contributed by atoms with Crippen molar-refractivity contribution in [3.63, 3.8) is 0 Å². The lowest BCUT2D eigenvalue weighted by Gasteiger charge is -2.42. The van der Waals surface area contributed by atoms with Gasteiger partial charge in [-0.05, 0) is 26.7 Å². The van der Waals surface area contributed by atoms with E-state index in [9.17, 15) is 9.59 Å². The second-order valence-electron chi connectivity index (χ2n) is 6.96. The lowest BCUT2D eigenvalue weighted by Crippen LogP contribution is -2.58. The lowest BCUT2D eigenvalue weighted by atomic mass is 10.00. The van der Waals surface area contributed by atoms with E-state index < -0.39 is 0 Å². The summed E-state index contributed by atoms with van der Waals surface area (Å²) in [5.41, 5.74) is -0.272. The minimum atomic E-state index is -0.371. The van der Waals surface area contributed by atoms with Gasteiger partial charge in [0.2, 0.25) is 11.8 Å². The Balaban J connectivity index is 1.96. The standard InChI is InChI=1S/C16H29N3O3/c1-16(2,12-19-8-10-22-11-9-19)18(3)15(21)13-6-4-5-7-14(20)17-13/h13H,4-12H2,1-3H3,(H,17,20)/t13-/m1/s1. The number of rotatable bonds is 4. The topological polar surface area (TPSA) is 61.9 Å². The largest absolute Gasteiger partial charge is 0.379 e. The van der Waals surface area contributed by atoms with E-state index in [1.54, 1.807) is 4.90 Å². The van der Waals surface area contributed by atoms with Crippen LogP contribution in [0.25, 0.3) is 0 Å². The highest BCUT2D eigenvalue weighted by Crippen LogP contribution is 2.19. The monoisotopic (exact) mass is 311 g/mol. The van der Waals surface area contributed by atoms with Gasteiger partial charge >= 0.3 is 0 Å². The van der Waals surface area contributed by atoms with Gasteiger partial charge in [0.05, 0.1) is 13.2 Å². The van der Waals surface area contributed by atoms with Gasteiger partial charge < -0.3 is 15.0 Å². The number of hydrogen-bond acceptors (Lipinski definition) is 4. The summed E-state index contributed by atoms with van der Waals surface area (Å²) < 4.78 is 5.37. The molecule has 0 aromatic carbocycles. The van der Waals surface area contributed by atoms with E-state index in [4.69, 9.17) is 4.74 Å². The molecule has 0 aliphatic carbocycles. The Morgan fingerprint density at radius 3 is 2.73 bits per heavy atom. The number of hydrogen-bond donors (Lipinski definition) is 1. The molecule has 2 amide bonds. The fraction of sp³-hybridized carbons (Fsp3) is 0.875. The molecule has 2 heterocycles. The maximum absolute atomic E-state index is 12.8. The highest BCUT2D eigenvalue weighted by atomic mass is 16.5. The molecule has 0 aromatic rings. The number of nitrogens with zero attached hydrogens (tertiary/aromatic N) is 2.